The van der Waals surface area contributed by atoms with Crippen molar-refractivity contribution in [2.75, 3.05) is 39.4 Å². The van der Waals surface area contributed by atoms with E-state index in [0.29, 0.717) is 61.1 Å². The molecule has 0 aliphatic carbocycles. The van der Waals surface area contributed by atoms with Crippen molar-refractivity contribution in [3.8, 4) is 5.75 Å². The number of aromatic nitrogens is 2. The van der Waals surface area contributed by atoms with Gasteiger partial charge in [-0.15, -0.1) is 0 Å². The first-order chi connectivity index (χ1) is 20.9. The van der Waals surface area contributed by atoms with E-state index < -0.39 is 17.7 Å². The van der Waals surface area contributed by atoms with Crippen LogP contribution in [0.5, 0.6) is 5.75 Å². The zero-order valence-electron chi connectivity index (χ0n) is 24.5. The molecule has 6 rings (SSSR count). The van der Waals surface area contributed by atoms with Gasteiger partial charge in [0.2, 0.25) is 0 Å². The van der Waals surface area contributed by atoms with Crippen molar-refractivity contribution >= 4 is 23.1 Å². The number of aliphatic hydroxyl groups excluding tert-OH is 1. The molecule has 2 aromatic carbocycles. The molecular weight excluding hydrogens is 544 g/mol. The number of Topliss-reactive ketones (excluding diaryl/α,β-unsaturated/α-hetero) is 1. The third kappa shape index (κ3) is 5.78. The van der Waals surface area contributed by atoms with Gasteiger partial charge in [-0.2, -0.15) is 0 Å². The number of fused-ring (bicyclic) bond motifs is 1. The normalized spacial score (nSPS) is 18.9. The van der Waals surface area contributed by atoms with Crippen LogP contribution in [-0.4, -0.2) is 75.4 Å². The Morgan fingerprint density at radius 2 is 1.79 bits per heavy atom. The minimum Gasteiger partial charge on any atom is -0.505 e. The summed E-state index contributed by atoms with van der Waals surface area (Å²) in [5.74, 6) is -0.991. The van der Waals surface area contributed by atoms with Crippen LogP contribution < -0.4 is 4.74 Å². The monoisotopic (exact) mass is 580 g/mol. The minimum atomic E-state index is -0.782. The van der Waals surface area contributed by atoms with Crippen molar-refractivity contribution < 1.29 is 24.2 Å². The van der Waals surface area contributed by atoms with Gasteiger partial charge in [0, 0.05) is 32.4 Å². The summed E-state index contributed by atoms with van der Waals surface area (Å²) in [5, 5.41) is 11.7. The Bertz CT molecular complexity index is 1670. The van der Waals surface area contributed by atoms with Crippen molar-refractivity contribution in [2.24, 2.45) is 0 Å². The van der Waals surface area contributed by atoms with Gasteiger partial charge in [0.15, 0.2) is 5.76 Å². The molecule has 0 radical (unpaired) electrons. The molecule has 2 aliphatic heterocycles. The number of carbonyl (C=O) groups excluding carboxylic acids is 2. The molecule has 1 atom stereocenters. The van der Waals surface area contributed by atoms with Gasteiger partial charge in [-0.05, 0) is 55.2 Å². The van der Waals surface area contributed by atoms with E-state index in [-0.39, 0.29) is 11.3 Å². The zero-order valence-corrected chi connectivity index (χ0v) is 24.5. The number of nitrogens with zero attached hydrogens (tertiary/aromatic N) is 4. The van der Waals surface area contributed by atoms with Crippen molar-refractivity contribution in [2.45, 2.75) is 32.9 Å². The van der Waals surface area contributed by atoms with Gasteiger partial charge in [0.25, 0.3) is 11.7 Å². The van der Waals surface area contributed by atoms with Crippen molar-refractivity contribution in [3.05, 3.63) is 107 Å². The maximum atomic E-state index is 13.7. The summed E-state index contributed by atoms with van der Waals surface area (Å²) in [6.45, 7) is 8.39. The molecule has 43 heavy (non-hydrogen) atoms. The van der Waals surface area contributed by atoms with Gasteiger partial charge in [-0.1, -0.05) is 48.5 Å². The summed E-state index contributed by atoms with van der Waals surface area (Å²) in [5.41, 5.74) is 4.37. The first-order valence-corrected chi connectivity index (χ1v) is 14.7. The average molecular weight is 581 g/mol. The van der Waals surface area contributed by atoms with Gasteiger partial charge in [-0.25, -0.2) is 4.98 Å². The third-order valence-corrected chi connectivity index (χ3v) is 8.25. The smallest absolute Gasteiger partial charge is 0.295 e. The number of aryl methyl sites for hydroxylation is 2. The van der Waals surface area contributed by atoms with Gasteiger partial charge in [0.05, 0.1) is 30.5 Å². The number of amides is 1. The number of hydrogen-bond acceptors (Lipinski definition) is 7. The predicted molar refractivity (Wildman–Crippen MR) is 163 cm³/mol. The predicted octanol–water partition coefficient (Wildman–Crippen LogP) is 4.67. The molecule has 9 nitrogen and oxygen atoms in total. The van der Waals surface area contributed by atoms with Crippen LogP contribution >= 0.6 is 0 Å². The highest BCUT2D eigenvalue weighted by Gasteiger charge is 2.46. The van der Waals surface area contributed by atoms with E-state index in [2.05, 4.69) is 4.90 Å². The topological polar surface area (TPSA) is 96.6 Å². The maximum Gasteiger partial charge on any atom is 0.295 e. The van der Waals surface area contributed by atoms with E-state index in [4.69, 9.17) is 14.5 Å². The van der Waals surface area contributed by atoms with Gasteiger partial charge >= 0.3 is 0 Å². The highest BCUT2D eigenvalue weighted by Crippen LogP contribution is 2.41. The fourth-order valence-electron chi connectivity index (χ4n) is 5.94. The number of imidazole rings is 1. The van der Waals surface area contributed by atoms with Gasteiger partial charge in [0.1, 0.15) is 23.7 Å². The highest BCUT2D eigenvalue weighted by molar-refractivity contribution is 6.46. The maximum absolute atomic E-state index is 13.7. The van der Waals surface area contributed by atoms with E-state index in [1.54, 1.807) is 4.90 Å². The zero-order chi connectivity index (χ0) is 29.9. The van der Waals surface area contributed by atoms with Crippen molar-refractivity contribution in [1.29, 1.82) is 0 Å². The molecular formula is C34H36N4O5. The summed E-state index contributed by atoms with van der Waals surface area (Å²) >= 11 is 0. The second-order valence-electron chi connectivity index (χ2n) is 11.1. The lowest BCUT2D eigenvalue weighted by molar-refractivity contribution is -0.140. The molecule has 2 aliphatic rings. The molecule has 0 saturated carbocycles. The fraction of sp³-hybridized carbons (Fsp3) is 0.324. The third-order valence-electron chi connectivity index (χ3n) is 8.25. The van der Waals surface area contributed by atoms with Crippen LogP contribution in [0.2, 0.25) is 0 Å². The number of morpholine rings is 1. The Balaban J connectivity index is 1.37. The van der Waals surface area contributed by atoms with Crippen LogP contribution in [0.4, 0.5) is 0 Å². The van der Waals surface area contributed by atoms with Crippen LogP contribution in [0.3, 0.4) is 0 Å². The van der Waals surface area contributed by atoms with Crippen molar-refractivity contribution in [1.82, 2.24) is 19.2 Å². The average Bonchev–Trinajstić information content (AvgIpc) is 3.51. The Morgan fingerprint density at radius 3 is 2.56 bits per heavy atom. The van der Waals surface area contributed by atoms with Crippen LogP contribution in [0.15, 0.2) is 78.5 Å². The van der Waals surface area contributed by atoms with E-state index in [1.807, 2.05) is 91.2 Å². The van der Waals surface area contributed by atoms with Crippen LogP contribution in [0.25, 0.3) is 11.4 Å². The number of pyridine rings is 1. The van der Waals surface area contributed by atoms with Crippen LogP contribution in [0, 0.1) is 13.8 Å². The number of likely N-dealkylation sites (tertiary alicyclic amines) is 1. The first-order valence-electron chi connectivity index (χ1n) is 14.7. The number of ketones is 1. The lowest BCUT2D eigenvalue weighted by Gasteiger charge is -2.29. The molecule has 2 aromatic heterocycles. The van der Waals surface area contributed by atoms with Crippen LogP contribution in [0.1, 0.15) is 40.5 Å². The summed E-state index contributed by atoms with van der Waals surface area (Å²) in [6.07, 6.45) is 2.55. The fourth-order valence-corrected chi connectivity index (χ4v) is 5.94. The Kier molecular flexibility index (Phi) is 8.26. The molecule has 4 aromatic rings. The molecule has 0 bridgehead atoms. The molecule has 1 N–H and O–H groups in total. The number of benzene rings is 2. The molecule has 4 heterocycles. The van der Waals surface area contributed by atoms with Gasteiger partial charge in [-0.3, -0.25) is 14.5 Å². The molecule has 2 saturated heterocycles. The number of rotatable bonds is 9. The van der Waals surface area contributed by atoms with E-state index in [0.717, 1.165) is 30.8 Å². The lowest BCUT2D eigenvalue weighted by atomic mass is 9.96. The molecule has 1 amide bonds. The molecule has 0 spiro atoms. The number of carbonyl (C=O) groups is 2. The highest BCUT2D eigenvalue weighted by atomic mass is 16.5. The number of hydrogen-bond donors (Lipinski definition) is 1. The Hall–Kier alpha value is -4.47. The minimum absolute atomic E-state index is 0.0424. The van der Waals surface area contributed by atoms with Gasteiger partial charge < -0.3 is 23.9 Å². The Morgan fingerprint density at radius 1 is 1.00 bits per heavy atom. The Labute approximate surface area is 251 Å². The molecule has 222 valence electrons. The van der Waals surface area contributed by atoms with Crippen LogP contribution in [-0.2, 0) is 20.9 Å². The largest absolute Gasteiger partial charge is 0.505 e. The second-order valence-corrected chi connectivity index (χ2v) is 11.1. The number of aliphatic hydroxyl groups is 1. The van der Waals surface area contributed by atoms with E-state index >= 15 is 0 Å². The summed E-state index contributed by atoms with van der Waals surface area (Å²) in [7, 11) is 0. The number of ether oxygens (including phenoxy) is 2. The molecule has 1 unspecified atom stereocenters. The SMILES string of the molecule is Cc1cccn2c(C)c(C(O)=C3C(=O)C(=O)N(CCCN4CCOCC4)C3c3cccc(OCc4ccccc4)c3)nc12. The van der Waals surface area contributed by atoms with Crippen molar-refractivity contribution in [3.63, 3.8) is 0 Å². The standard InChI is InChI=1S/C34H36N4O5/c1-23-9-7-15-37-24(2)29(35-33(23)37)31(39)28-30(26-12-6-13-27(21-26)43-22-25-10-4-3-5-11-25)38(34(41)32(28)40)16-8-14-36-17-19-42-20-18-36/h3-7,9-13,15,21,30,39H,8,14,16-20,22H2,1-2H3. The lowest BCUT2D eigenvalue weighted by Crippen LogP contribution is -2.38. The summed E-state index contributed by atoms with van der Waals surface area (Å²) in [6, 6.07) is 20.4. The molecule has 9 heteroatoms. The summed E-state index contributed by atoms with van der Waals surface area (Å²) < 4.78 is 13.4. The van der Waals surface area contributed by atoms with E-state index in [1.165, 1.54) is 0 Å². The molecule has 2 fully saturated rings. The first kappa shape index (κ1) is 28.6. The second kappa shape index (κ2) is 12.4. The van der Waals surface area contributed by atoms with E-state index in [9.17, 15) is 14.7 Å². The quantitative estimate of drug-likeness (QED) is 0.175. The summed E-state index contributed by atoms with van der Waals surface area (Å²) in [4.78, 5) is 35.8.